The molecule has 1 heterocycles. The molecule has 2 rings (SSSR count). The van der Waals surface area contributed by atoms with Gasteiger partial charge in [-0.15, -0.1) is 0 Å². The molecule has 0 atom stereocenters. The molecule has 0 bridgehead atoms. The second-order valence-corrected chi connectivity index (χ2v) is 4.10. The van der Waals surface area contributed by atoms with Crippen molar-refractivity contribution in [2.75, 3.05) is 0 Å². The molecular weight excluding hydrogens is 263 g/mol. The highest BCUT2D eigenvalue weighted by Gasteiger charge is 2.14. The summed E-state index contributed by atoms with van der Waals surface area (Å²) in [6.07, 6.45) is 1.47. The molecule has 0 spiro atoms. The summed E-state index contributed by atoms with van der Waals surface area (Å²) in [6, 6.07) is 8.36. The summed E-state index contributed by atoms with van der Waals surface area (Å²) >= 11 is 11.5. The molecule has 0 aliphatic rings. The Hall–Kier alpha value is -1.65. The molecule has 0 saturated carbocycles. The van der Waals surface area contributed by atoms with E-state index < -0.39 is 4.92 Å². The van der Waals surface area contributed by atoms with Gasteiger partial charge in [0.15, 0.2) is 0 Å². The van der Waals surface area contributed by atoms with Crippen molar-refractivity contribution in [3.63, 3.8) is 0 Å². The molecule has 0 amide bonds. The fraction of sp³-hybridized carbons (Fsp3) is 0. The van der Waals surface area contributed by atoms with Crippen LogP contribution in [0.1, 0.15) is 0 Å². The van der Waals surface area contributed by atoms with E-state index in [0.717, 1.165) is 5.56 Å². The third-order valence-corrected chi connectivity index (χ3v) is 2.70. The lowest BCUT2D eigenvalue weighted by Crippen LogP contribution is -1.92. The van der Waals surface area contributed by atoms with Crippen molar-refractivity contribution < 1.29 is 4.92 Å². The number of aromatic nitrogens is 1. The van der Waals surface area contributed by atoms with Gasteiger partial charge in [-0.1, -0.05) is 35.3 Å². The van der Waals surface area contributed by atoms with Crippen molar-refractivity contribution in [1.29, 1.82) is 0 Å². The Morgan fingerprint density at radius 3 is 2.59 bits per heavy atom. The standard InChI is InChI=1S/C11H6Cl2N2O2/c12-9-3-1-2-7(4-9)8-5-10(15(16)17)11(13)14-6-8/h1-6H. The number of benzene rings is 1. The van der Waals surface area contributed by atoms with Crippen molar-refractivity contribution in [3.05, 3.63) is 56.8 Å². The fourth-order valence-corrected chi connectivity index (χ4v) is 1.75. The van der Waals surface area contributed by atoms with Crippen molar-refractivity contribution in [2.45, 2.75) is 0 Å². The van der Waals surface area contributed by atoms with Gasteiger partial charge in [-0.2, -0.15) is 0 Å². The van der Waals surface area contributed by atoms with E-state index in [1.807, 2.05) is 0 Å². The highest BCUT2D eigenvalue weighted by molar-refractivity contribution is 6.31. The van der Waals surface area contributed by atoms with Gasteiger partial charge < -0.3 is 0 Å². The molecule has 0 aliphatic carbocycles. The number of nitro groups is 1. The largest absolute Gasteiger partial charge is 0.307 e. The molecule has 6 heteroatoms. The summed E-state index contributed by atoms with van der Waals surface area (Å²) in [7, 11) is 0. The van der Waals surface area contributed by atoms with Crippen molar-refractivity contribution in [2.24, 2.45) is 0 Å². The lowest BCUT2D eigenvalue weighted by Gasteiger charge is -2.02. The zero-order valence-electron chi connectivity index (χ0n) is 8.43. The van der Waals surface area contributed by atoms with E-state index in [1.54, 1.807) is 24.3 Å². The quantitative estimate of drug-likeness (QED) is 0.471. The van der Waals surface area contributed by atoms with Crippen LogP contribution in [0.4, 0.5) is 5.69 Å². The molecule has 0 saturated heterocycles. The van der Waals surface area contributed by atoms with Crippen LogP contribution < -0.4 is 0 Å². The van der Waals surface area contributed by atoms with E-state index in [0.29, 0.717) is 10.6 Å². The molecule has 2 aromatic rings. The maximum atomic E-state index is 10.7. The van der Waals surface area contributed by atoms with Gasteiger partial charge in [-0.3, -0.25) is 10.1 Å². The van der Waals surface area contributed by atoms with E-state index in [1.165, 1.54) is 12.3 Å². The van der Waals surface area contributed by atoms with Gasteiger partial charge in [0.25, 0.3) is 0 Å². The summed E-state index contributed by atoms with van der Waals surface area (Å²) in [5, 5.41) is 11.2. The number of hydrogen-bond acceptors (Lipinski definition) is 3. The van der Waals surface area contributed by atoms with Gasteiger partial charge in [0.05, 0.1) is 4.92 Å². The minimum atomic E-state index is -0.566. The maximum absolute atomic E-state index is 10.7. The molecule has 17 heavy (non-hydrogen) atoms. The molecule has 1 aromatic heterocycles. The fourth-order valence-electron chi connectivity index (χ4n) is 1.39. The Kier molecular flexibility index (Phi) is 3.26. The lowest BCUT2D eigenvalue weighted by molar-refractivity contribution is -0.385. The summed E-state index contributed by atoms with van der Waals surface area (Å²) in [5.74, 6) is 0. The van der Waals surface area contributed by atoms with E-state index in [2.05, 4.69) is 4.98 Å². The smallest absolute Gasteiger partial charge is 0.258 e. The van der Waals surface area contributed by atoms with Crippen LogP contribution >= 0.6 is 23.2 Å². The summed E-state index contributed by atoms with van der Waals surface area (Å²) in [6.45, 7) is 0. The first kappa shape index (κ1) is 11.8. The zero-order chi connectivity index (χ0) is 12.4. The first-order chi connectivity index (χ1) is 8.08. The number of halogens is 2. The van der Waals surface area contributed by atoms with Crippen LogP contribution in [-0.4, -0.2) is 9.91 Å². The van der Waals surface area contributed by atoms with Crippen LogP contribution in [0.3, 0.4) is 0 Å². The number of pyridine rings is 1. The van der Waals surface area contributed by atoms with Crippen molar-refractivity contribution >= 4 is 28.9 Å². The van der Waals surface area contributed by atoms with Crippen LogP contribution in [0.15, 0.2) is 36.5 Å². The Morgan fingerprint density at radius 1 is 1.18 bits per heavy atom. The normalized spacial score (nSPS) is 10.2. The van der Waals surface area contributed by atoms with Gasteiger partial charge in [-0.25, -0.2) is 4.98 Å². The van der Waals surface area contributed by atoms with Gasteiger partial charge in [0.2, 0.25) is 5.15 Å². The van der Waals surface area contributed by atoms with Gasteiger partial charge in [0, 0.05) is 22.8 Å². The lowest BCUT2D eigenvalue weighted by atomic mass is 10.1. The van der Waals surface area contributed by atoms with Crippen LogP contribution in [0.5, 0.6) is 0 Å². The molecule has 0 radical (unpaired) electrons. The average Bonchev–Trinajstić information content (AvgIpc) is 2.29. The first-order valence-corrected chi connectivity index (χ1v) is 5.39. The number of rotatable bonds is 2. The highest BCUT2D eigenvalue weighted by atomic mass is 35.5. The van der Waals surface area contributed by atoms with Crippen LogP contribution in [-0.2, 0) is 0 Å². The Bertz CT molecular complexity index is 587. The van der Waals surface area contributed by atoms with Gasteiger partial charge >= 0.3 is 5.69 Å². The predicted octanol–water partition coefficient (Wildman–Crippen LogP) is 3.96. The van der Waals surface area contributed by atoms with E-state index in [-0.39, 0.29) is 10.8 Å². The molecule has 0 N–H and O–H groups in total. The average molecular weight is 269 g/mol. The van der Waals surface area contributed by atoms with Crippen molar-refractivity contribution in [1.82, 2.24) is 4.98 Å². The van der Waals surface area contributed by atoms with E-state index in [9.17, 15) is 10.1 Å². The minimum absolute atomic E-state index is 0.124. The van der Waals surface area contributed by atoms with Crippen LogP contribution in [0, 0.1) is 10.1 Å². The maximum Gasteiger partial charge on any atom is 0.307 e. The Morgan fingerprint density at radius 2 is 1.94 bits per heavy atom. The molecule has 4 nitrogen and oxygen atoms in total. The third-order valence-electron chi connectivity index (χ3n) is 2.18. The van der Waals surface area contributed by atoms with Gasteiger partial charge in [-0.05, 0) is 17.7 Å². The number of hydrogen-bond donors (Lipinski definition) is 0. The van der Waals surface area contributed by atoms with Crippen LogP contribution in [0.25, 0.3) is 11.1 Å². The molecule has 0 aliphatic heterocycles. The topological polar surface area (TPSA) is 56.0 Å². The van der Waals surface area contributed by atoms with Crippen molar-refractivity contribution in [3.8, 4) is 11.1 Å². The first-order valence-electron chi connectivity index (χ1n) is 4.64. The summed E-state index contributed by atoms with van der Waals surface area (Å²) < 4.78 is 0. The molecule has 1 aromatic carbocycles. The predicted molar refractivity (Wildman–Crippen MR) is 66.3 cm³/mol. The molecular formula is C11H6Cl2N2O2. The Labute approximate surface area is 107 Å². The second kappa shape index (κ2) is 4.69. The van der Waals surface area contributed by atoms with E-state index in [4.69, 9.17) is 23.2 Å². The SMILES string of the molecule is O=[N+]([O-])c1cc(-c2cccc(Cl)c2)cnc1Cl. The van der Waals surface area contributed by atoms with E-state index >= 15 is 0 Å². The highest BCUT2D eigenvalue weighted by Crippen LogP contribution is 2.29. The van der Waals surface area contributed by atoms with Gasteiger partial charge in [0.1, 0.15) is 0 Å². The Balaban J connectivity index is 2.54. The zero-order valence-corrected chi connectivity index (χ0v) is 9.94. The minimum Gasteiger partial charge on any atom is -0.258 e. The molecule has 0 fully saturated rings. The molecule has 0 unspecified atom stereocenters. The molecule has 86 valence electrons. The second-order valence-electron chi connectivity index (χ2n) is 3.30. The third kappa shape index (κ3) is 2.54. The van der Waals surface area contributed by atoms with Crippen LogP contribution in [0.2, 0.25) is 10.2 Å². The number of nitrogens with zero attached hydrogens (tertiary/aromatic N) is 2. The summed E-state index contributed by atoms with van der Waals surface area (Å²) in [5.41, 5.74) is 1.14. The summed E-state index contributed by atoms with van der Waals surface area (Å²) in [4.78, 5) is 13.9. The monoisotopic (exact) mass is 268 g/mol.